The molecule has 1 N–H and O–H groups in total. The van der Waals surface area contributed by atoms with Crippen molar-refractivity contribution >= 4 is 49.8 Å². The fraction of sp³-hybridized carbons (Fsp3) is 0.250. The minimum Gasteiger partial charge on any atom is -0.510 e. The van der Waals surface area contributed by atoms with Crippen molar-refractivity contribution in [2.24, 2.45) is 0 Å². The molecule has 2 aromatic carbocycles. The van der Waals surface area contributed by atoms with Crippen LogP contribution in [-0.2, 0) is 11.3 Å². The summed E-state index contributed by atoms with van der Waals surface area (Å²) < 4.78 is 7.97. The molecule has 0 bridgehead atoms. The highest BCUT2D eigenvalue weighted by molar-refractivity contribution is 7.99. The quantitative estimate of drug-likeness (QED) is 0.119. The van der Waals surface area contributed by atoms with E-state index in [4.69, 9.17) is 4.74 Å². The summed E-state index contributed by atoms with van der Waals surface area (Å²) in [5, 5.41) is 21.9. The van der Waals surface area contributed by atoms with Crippen molar-refractivity contribution in [3.8, 4) is 6.07 Å². The maximum atomic E-state index is 13.1. The topological polar surface area (TPSA) is 101 Å². The second-order valence-corrected chi connectivity index (χ2v) is 9.10. The zero-order valence-corrected chi connectivity index (χ0v) is 19.7. The van der Waals surface area contributed by atoms with Gasteiger partial charge in [0.1, 0.15) is 22.4 Å². The Balaban J connectivity index is 1.64. The van der Waals surface area contributed by atoms with E-state index in [9.17, 15) is 15.2 Å². The van der Waals surface area contributed by atoms with Gasteiger partial charge in [0.25, 0.3) is 5.56 Å². The van der Waals surface area contributed by atoms with Crippen LogP contribution < -0.4 is 5.56 Å². The second kappa shape index (κ2) is 10.6. The number of para-hydroxylation sites is 2. The third kappa shape index (κ3) is 5.09. The van der Waals surface area contributed by atoms with E-state index in [1.54, 1.807) is 16.7 Å². The highest BCUT2D eigenvalue weighted by Crippen LogP contribution is 2.30. The molecule has 4 aromatic rings. The van der Waals surface area contributed by atoms with Crippen molar-refractivity contribution < 1.29 is 9.84 Å². The molecule has 7 nitrogen and oxygen atoms in total. The highest BCUT2D eigenvalue weighted by atomic mass is 32.2. The van der Waals surface area contributed by atoms with E-state index in [0.29, 0.717) is 47.2 Å². The molecule has 0 aliphatic heterocycles. The first-order valence-electron chi connectivity index (χ1n) is 10.5. The molecule has 0 spiro atoms. The number of hydrogen-bond acceptors (Lipinski definition) is 8. The van der Waals surface area contributed by atoms with Gasteiger partial charge in [-0.15, -0.1) is 11.3 Å². The Bertz CT molecular complexity index is 1390. The van der Waals surface area contributed by atoms with Crippen molar-refractivity contribution in [1.82, 2.24) is 14.5 Å². The van der Waals surface area contributed by atoms with Crippen LogP contribution in [0.4, 0.5) is 0 Å². The number of nitriles is 1. The zero-order valence-electron chi connectivity index (χ0n) is 18.0. The first-order chi connectivity index (χ1) is 16.1. The van der Waals surface area contributed by atoms with Gasteiger partial charge in [0.15, 0.2) is 5.16 Å². The molecule has 0 atom stereocenters. The molecule has 0 aliphatic carbocycles. The Morgan fingerprint density at radius 2 is 1.94 bits per heavy atom. The third-order valence-electron chi connectivity index (χ3n) is 4.95. The molecule has 0 saturated carbocycles. The summed E-state index contributed by atoms with van der Waals surface area (Å²) in [6.07, 6.45) is 0.665. The van der Waals surface area contributed by atoms with Crippen LogP contribution in [0.5, 0.6) is 0 Å². The summed E-state index contributed by atoms with van der Waals surface area (Å²) in [6.45, 7) is 3.54. The van der Waals surface area contributed by atoms with Gasteiger partial charge in [-0.1, -0.05) is 36.0 Å². The normalized spacial score (nSPS) is 12.1. The number of aromatic nitrogens is 3. The average Bonchev–Trinajstić information content (AvgIpc) is 3.26. The lowest BCUT2D eigenvalue weighted by molar-refractivity contribution is 0.140. The first kappa shape index (κ1) is 23.0. The maximum Gasteiger partial charge on any atom is 0.262 e. The molecule has 2 aromatic heterocycles. The number of allylic oxidation sites excluding steroid dienone is 1. The molecule has 9 heteroatoms. The van der Waals surface area contributed by atoms with Crippen molar-refractivity contribution in [3.63, 3.8) is 0 Å². The predicted octanol–water partition coefficient (Wildman–Crippen LogP) is 5.02. The average molecular weight is 479 g/mol. The van der Waals surface area contributed by atoms with Gasteiger partial charge >= 0.3 is 0 Å². The minimum atomic E-state index is -0.130. The van der Waals surface area contributed by atoms with E-state index in [-0.39, 0.29) is 22.6 Å². The van der Waals surface area contributed by atoms with Crippen LogP contribution in [0.15, 0.2) is 64.2 Å². The van der Waals surface area contributed by atoms with E-state index in [1.165, 1.54) is 23.1 Å². The van der Waals surface area contributed by atoms with Crippen LogP contribution in [0.2, 0.25) is 0 Å². The Morgan fingerprint density at radius 3 is 2.70 bits per heavy atom. The number of ether oxygens (including phenoxy) is 1. The summed E-state index contributed by atoms with van der Waals surface area (Å²) in [6, 6.07) is 16.9. The van der Waals surface area contributed by atoms with Gasteiger partial charge in [-0.3, -0.25) is 9.36 Å². The summed E-state index contributed by atoms with van der Waals surface area (Å²) in [5.74, 6) is -0.000430. The monoisotopic (exact) mass is 478 g/mol. The molecule has 0 unspecified atom stereocenters. The van der Waals surface area contributed by atoms with E-state index in [1.807, 2.05) is 43.3 Å². The molecular formula is C24H22N4O3S2. The van der Waals surface area contributed by atoms with Crippen molar-refractivity contribution in [2.75, 3.05) is 19.0 Å². The summed E-state index contributed by atoms with van der Waals surface area (Å²) in [7, 11) is 0. The van der Waals surface area contributed by atoms with Gasteiger partial charge in [0.2, 0.25) is 0 Å². The van der Waals surface area contributed by atoms with E-state index in [2.05, 4.69) is 16.0 Å². The largest absolute Gasteiger partial charge is 0.510 e. The van der Waals surface area contributed by atoms with Gasteiger partial charge in [0.05, 0.1) is 26.9 Å². The molecule has 0 aliphatic rings. The van der Waals surface area contributed by atoms with Crippen LogP contribution in [0, 0.1) is 11.3 Å². The molecule has 2 heterocycles. The summed E-state index contributed by atoms with van der Waals surface area (Å²) in [4.78, 5) is 22.2. The Morgan fingerprint density at radius 1 is 1.18 bits per heavy atom. The third-order valence-corrected chi connectivity index (χ3v) is 6.99. The second-order valence-electron chi connectivity index (χ2n) is 7.13. The number of benzene rings is 2. The molecule has 0 radical (unpaired) electrons. The molecule has 0 amide bonds. The highest BCUT2D eigenvalue weighted by Gasteiger charge is 2.16. The van der Waals surface area contributed by atoms with Gasteiger partial charge in [0, 0.05) is 19.8 Å². The minimum absolute atomic E-state index is 0.0923. The maximum absolute atomic E-state index is 13.1. The van der Waals surface area contributed by atoms with E-state index in [0.717, 1.165) is 10.2 Å². The molecule has 4 rings (SSSR count). The number of hydrogen-bond donors (Lipinski definition) is 1. The Labute approximate surface area is 199 Å². The number of fused-ring (bicyclic) bond motifs is 2. The molecular weight excluding hydrogens is 456 g/mol. The summed E-state index contributed by atoms with van der Waals surface area (Å²) >= 11 is 2.58. The van der Waals surface area contributed by atoms with Crippen LogP contribution in [0.3, 0.4) is 0 Å². The predicted molar refractivity (Wildman–Crippen MR) is 133 cm³/mol. The lowest BCUT2D eigenvalue weighted by Gasteiger charge is -2.13. The lowest BCUT2D eigenvalue weighted by Crippen LogP contribution is -2.24. The molecule has 0 fully saturated rings. The number of nitrogens with zero attached hydrogens (tertiary/aromatic N) is 4. The number of rotatable bonds is 9. The van der Waals surface area contributed by atoms with Crippen LogP contribution in [0.25, 0.3) is 26.7 Å². The SMILES string of the molecule is CCOCCCn1c(SC/C(O)=C(\C#N)c2nc3ccccc3s2)nc2ccccc2c1=O. The van der Waals surface area contributed by atoms with E-state index < -0.39 is 0 Å². The van der Waals surface area contributed by atoms with Crippen LogP contribution in [0.1, 0.15) is 18.4 Å². The van der Waals surface area contributed by atoms with Crippen molar-refractivity contribution in [1.29, 1.82) is 5.26 Å². The molecule has 0 saturated heterocycles. The molecule has 168 valence electrons. The van der Waals surface area contributed by atoms with Gasteiger partial charge in [-0.2, -0.15) is 5.26 Å². The summed E-state index contributed by atoms with van der Waals surface area (Å²) in [5.41, 5.74) is 1.38. The number of thiazole rings is 1. The zero-order chi connectivity index (χ0) is 23.2. The Hall–Kier alpha value is -3.19. The van der Waals surface area contributed by atoms with Gasteiger partial charge < -0.3 is 9.84 Å². The standard InChI is InChI=1S/C24H22N4O3S2/c1-2-31-13-7-12-28-23(30)16-8-3-4-9-18(16)27-24(28)32-15-20(29)17(14-25)22-26-19-10-5-6-11-21(19)33-22/h3-6,8-11,29H,2,7,12-13,15H2,1H3/b20-17-. The Kier molecular flexibility index (Phi) is 7.40. The number of thioether (sulfide) groups is 1. The van der Waals surface area contributed by atoms with Crippen LogP contribution in [-0.4, -0.2) is 38.6 Å². The fourth-order valence-electron chi connectivity index (χ4n) is 3.34. The number of aliphatic hydroxyl groups is 1. The smallest absolute Gasteiger partial charge is 0.262 e. The van der Waals surface area contributed by atoms with Crippen LogP contribution >= 0.6 is 23.1 Å². The van der Waals surface area contributed by atoms with Crippen molar-refractivity contribution in [2.45, 2.75) is 25.0 Å². The number of aliphatic hydroxyl groups excluding tert-OH is 1. The van der Waals surface area contributed by atoms with Gasteiger partial charge in [-0.25, -0.2) is 9.97 Å². The molecule has 33 heavy (non-hydrogen) atoms. The van der Waals surface area contributed by atoms with E-state index >= 15 is 0 Å². The fourth-order valence-corrected chi connectivity index (χ4v) is 5.23. The first-order valence-corrected chi connectivity index (χ1v) is 12.3. The lowest BCUT2D eigenvalue weighted by atomic mass is 10.2. The van der Waals surface area contributed by atoms with Crippen molar-refractivity contribution in [3.05, 3.63) is 69.7 Å². The van der Waals surface area contributed by atoms with Gasteiger partial charge in [-0.05, 0) is 37.6 Å².